The molecule has 50 heavy (non-hydrogen) atoms. The smallest absolute Gasteiger partial charge is 0.313 e. The number of carbonyl (C=O) groups is 4. The summed E-state index contributed by atoms with van der Waals surface area (Å²) in [6.07, 6.45) is 4.08. The molecule has 1 N–H and O–H groups in total. The Morgan fingerprint density at radius 3 is 2.52 bits per heavy atom. The fraction of sp³-hybridized carbons (Fsp3) is 0.632. The van der Waals surface area contributed by atoms with Gasteiger partial charge in [-0.15, -0.1) is 13.2 Å². The van der Waals surface area contributed by atoms with E-state index in [1.807, 2.05) is 44.2 Å². The van der Waals surface area contributed by atoms with Crippen LogP contribution < -0.4 is 0 Å². The first-order valence-corrected chi connectivity index (χ1v) is 18.1. The minimum Gasteiger partial charge on any atom is -0.455 e. The Labute approximate surface area is 296 Å². The molecule has 0 radical (unpaired) electrons. The molecule has 5 rings (SSSR count). The van der Waals surface area contributed by atoms with Crippen molar-refractivity contribution in [2.75, 3.05) is 59.6 Å². The number of likely N-dealkylation sites (tertiary alicyclic amines) is 1. The molecule has 0 unspecified atom stereocenters. The number of fused-ring (bicyclic) bond motifs is 1. The number of allylic oxidation sites excluding steroid dienone is 1. The zero-order chi connectivity index (χ0) is 36.0. The van der Waals surface area contributed by atoms with Crippen LogP contribution >= 0.6 is 0 Å². The van der Waals surface area contributed by atoms with Crippen molar-refractivity contribution < 1.29 is 38.5 Å². The molecule has 4 saturated heterocycles. The molecule has 12 nitrogen and oxygen atoms in total. The third-order valence-electron chi connectivity index (χ3n) is 11.1. The average Bonchev–Trinajstić information content (AvgIpc) is 3.79. The van der Waals surface area contributed by atoms with Crippen LogP contribution in [-0.2, 0) is 33.4 Å². The number of nitrogens with zero attached hydrogens (tertiary/aromatic N) is 4. The van der Waals surface area contributed by atoms with E-state index in [1.54, 1.807) is 29.0 Å². The number of hydrogen-bond acceptors (Lipinski definition) is 9. The number of morpholine rings is 1. The van der Waals surface area contributed by atoms with Gasteiger partial charge in [0.25, 0.3) is 0 Å². The van der Waals surface area contributed by atoms with Crippen LogP contribution in [0.3, 0.4) is 0 Å². The second-order valence-electron chi connectivity index (χ2n) is 13.9. The normalized spacial score (nSPS) is 27.7. The highest BCUT2D eigenvalue weighted by Crippen LogP contribution is 2.59. The Morgan fingerprint density at radius 1 is 1.16 bits per heavy atom. The summed E-state index contributed by atoms with van der Waals surface area (Å²) < 4.78 is 18.5. The summed E-state index contributed by atoms with van der Waals surface area (Å²) >= 11 is 0. The second-order valence-corrected chi connectivity index (χ2v) is 13.9. The van der Waals surface area contributed by atoms with E-state index < -0.39 is 53.7 Å². The van der Waals surface area contributed by atoms with Crippen molar-refractivity contribution in [1.82, 2.24) is 19.6 Å². The highest BCUT2D eigenvalue weighted by atomic mass is 16.6. The Morgan fingerprint density at radius 2 is 1.88 bits per heavy atom. The molecule has 12 heteroatoms. The number of ether oxygens (including phenoxy) is 3. The number of carbonyl (C=O) groups excluding carboxylic acids is 4. The number of rotatable bonds is 17. The van der Waals surface area contributed by atoms with E-state index in [-0.39, 0.29) is 37.3 Å². The predicted octanol–water partition coefficient (Wildman–Crippen LogP) is 2.58. The molecule has 0 saturated carbocycles. The van der Waals surface area contributed by atoms with Crippen LogP contribution in [0.25, 0.3) is 0 Å². The Kier molecular flexibility index (Phi) is 12.5. The van der Waals surface area contributed by atoms with Crippen molar-refractivity contribution in [2.24, 2.45) is 11.8 Å². The van der Waals surface area contributed by atoms with Crippen LogP contribution in [0.1, 0.15) is 57.6 Å². The van der Waals surface area contributed by atoms with E-state index in [4.69, 9.17) is 14.2 Å². The van der Waals surface area contributed by atoms with Crippen LogP contribution in [0.5, 0.6) is 0 Å². The van der Waals surface area contributed by atoms with Gasteiger partial charge in [-0.3, -0.25) is 24.1 Å². The largest absolute Gasteiger partial charge is 0.455 e. The molecular formula is C38H54N4O8. The Hall–Kier alpha value is -3.58. The van der Waals surface area contributed by atoms with Gasteiger partial charge in [0.05, 0.1) is 49.8 Å². The van der Waals surface area contributed by atoms with Gasteiger partial charge in [0.2, 0.25) is 17.7 Å². The third kappa shape index (κ3) is 7.26. The molecule has 4 aliphatic rings. The summed E-state index contributed by atoms with van der Waals surface area (Å²) in [5, 5.41) is 10.5. The van der Waals surface area contributed by atoms with E-state index in [0.29, 0.717) is 52.0 Å². The van der Waals surface area contributed by atoms with Crippen molar-refractivity contribution in [3.8, 4) is 0 Å². The van der Waals surface area contributed by atoms with Gasteiger partial charge in [-0.05, 0) is 38.2 Å². The maximum absolute atomic E-state index is 14.7. The molecule has 2 bridgehead atoms. The molecule has 4 aliphatic heterocycles. The predicted molar refractivity (Wildman–Crippen MR) is 187 cm³/mol. The molecule has 4 heterocycles. The number of likely N-dealkylation sites (N-methyl/N-ethyl adjacent to an activating group) is 1. The summed E-state index contributed by atoms with van der Waals surface area (Å²) in [7, 11) is 1.69. The number of aliphatic hydroxyl groups excluding tert-OH is 1. The molecule has 274 valence electrons. The van der Waals surface area contributed by atoms with Crippen LogP contribution in [-0.4, -0.2) is 138 Å². The van der Waals surface area contributed by atoms with Crippen molar-refractivity contribution in [3.05, 3.63) is 61.2 Å². The first-order valence-electron chi connectivity index (χ1n) is 18.1. The lowest BCUT2D eigenvalue weighted by Crippen LogP contribution is -2.59. The van der Waals surface area contributed by atoms with Crippen LogP contribution in [0.15, 0.2) is 55.6 Å². The van der Waals surface area contributed by atoms with Gasteiger partial charge < -0.3 is 34.0 Å². The van der Waals surface area contributed by atoms with Gasteiger partial charge in [-0.1, -0.05) is 49.4 Å². The number of amides is 3. The minimum absolute atomic E-state index is 0.105. The molecule has 1 aromatic carbocycles. The topological polar surface area (TPSA) is 129 Å². The summed E-state index contributed by atoms with van der Waals surface area (Å²) in [5.41, 5.74) is -0.524. The van der Waals surface area contributed by atoms with E-state index in [2.05, 4.69) is 18.1 Å². The van der Waals surface area contributed by atoms with E-state index in [1.165, 1.54) is 4.90 Å². The summed E-state index contributed by atoms with van der Waals surface area (Å²) in [6, 6.07) is 7.10. The molecule has 0 aromatic heterocycles. The highest BCUT2D eigenvalue weighted by molar-refractivity contribution is 5.98. The standard InChI is InChI=1S/C38H54N4O8/c1-6-9-15-30(44)39(5)26(4)33(27-13-11-10-12-14-27)49-37(47)31-29-16-17-38(50-29)32(31)35(45)42(28(8-3)25-43)34(38)36(46)41(18-7-2)20-19-40-21-23-48-24-22-40/h6-7,10-14,26,28-29,31-34,43H,1-2,8-9,15-25H2,3-5H3/t26-,28-,29-,31+,32+,33+,34-,38+/m0/s1. The first kappa shape index (κ1) is 37.7. The molecule has 0 aliphatic carbocycles. The Balaban J connectivity index is 1.44. The first-order chi connectivity index (χ1) is 24.1. The van der Waals surface area contributed by atoms with Gasteiger partial charge >= 0.3 is 5.97 Å². The summed E-state index contributed by atoms with van der Waals surface area (Å²) in [6.45, 7) is 15.1. The number of aliphatic hydroxyl groups is 1. The van der Waals surface area contributed by atoms with Crippen LogP contribution in [0.2, 0.25) is 0 Å². The number of benzene rings is 1. The molecule has 1 spiro atoms. The van der Waals surface area contributed by atoms with Gasteiger partial charge in [0.1, 0.15) is 17.7 Å². The maximum atomic E-state index is 14.7. The van der Waals surface area contributed by atoms with Crippen LogP contribution in [0, 0.1) is 11.8 Å². The van der Waals surface area contributed by atoms with E-state index in [0.717, 1.165) is 18.7 Å². The van der Waals surface area contributed by atoms with Gasteiger partial charge in [0.15, 0.2) is 0 Å². The summed E-state index contributed by atoms with van der Waals surface area (Å²) in [4.78, 5) is 63.7. The van der Waals surface area contributed by atoms with Crippen molar-refractivity contribution in [1.29, 1.82) is 0 Å². The average molecular weight is 695 g/mol. The van der Waals surface area contributed by atoms with Crippen LogP contribution in [0.4, 0.5) is 0 Å². The lowest BCUT2D eigenvalue weighted by atomic mass is 9.70. The number of hydrogen-bond donors (Lipinski definition) is 1. The minimum atomic E-state index is -1.24. The quantitative estimate of drug-likeness (QED) is 0.193. The van der Waals surface area contributed by atoms with Gasteiger partial charge in [-0.25, -0.2) is 0 Å². The fourth-order valence-corrected chi connectivity index (χ4v) is 8.28. The maximum Gasteiger partial charge on any atom is 0.313 e. The highest BCUT2D eigenvalue weighted by Gasteiger charge is 2.75. The molecular weight excluding hydrogens is 640 g/mol. The van der Waals surface area contributed by atoms with Gasteiger partial charge in [-0.2, -0.15) is 0 Å². The molecule has 3 amide bonds. The second kappa shape index (κ2) is 16.6. The number of esters is 1. The molecule has 4 fully saturated rings. The van der Waals surface area contributed by atoms with Crippen molar-refractivity contribution in [2.45, 2.75) is 81.9 Å². The van der Waals surface area contributed by atoms with Gasteiger partial charge in [0, 0.05) is 46.2 Å². The monoisotopic (exact) mass is 694 g/mol. The zero-order valence-electron chi connectivity index (χ0n) is 29.8. The lowest BCUT2D eigenvalue weighted by molar-refractivity contribution is -0.165. The zero-order valence-corrected chi connectivity index (χ0v) is 29.8. The Bertz CT molecular complexity index is 1380. The third-order valence-corrected chi connectivity index (χ3v) is 11.1. The van der Waals surface area contributed by atoms with Crippen molar-refractivity contribution >= 4 is 23.7 Å². The fourth-order valence-electron chi connectivity index (χ4n) is 8.28. The van der Waals surface area contributed by atoms with Crippen molar-refractivity contribution in [3.63, 3.8) is 0 Å². The SMILES string of the molecule is C=CCCC(=O)N(C)[C@@H](C)[C@@H](OC(=O)[C@@H]1[C@@H]2CC[C@]3(O2)[C@H](C(=O)N(CC=C)CCN2CCOCC2)N([C@@H](CC)CO)C(=O)[C@@H]13)c1ccccc1. The molecule has 8 atom stereocenters. The molecule has 1 aromatic rings. The van der Waals surface area contributed by atoms with E-state index >= 15 is 0 Å². The summed E-state index contributed by atoms with van der Waals surface area (Å²) in [5.74, 6) is -3.25. The lowest BCUT2D eigenvalue weighted by Gasteiger charge is -2.39. The van der Waals surface area contributed by atoms with E-state index in [9.17, 15) is 24.3 Å².